The summed E-state index contributed by atoms with van der Waals surface area (Å²) in [6.07, 6.45) is 2.57. The fraction of sp³-hybridized carbons (Fsp3) is 0.458. The maximum absolute atomic E-state index is 12.9. The van der Waals surface area contributed by atoms with Gasteiger partial charge in [-0.1, -0.05) is 48.3 Å². The summed E-state index contributed by atoms with van der Waals surface area (Å²) in [7, 11) is 1.67. The molecule has 0 bridgehead atoms. The lowest BCUT2D eigenvalue weighted by Gasteiger charge is -2.32. The highest BCUT2D eigenvalue weighted by Gasteiger charge is 2.27. The molecule has 1 N–H and O–H groups in total. The number of rotatable bonds is 7. The Bertz CT molecular complexity index is 880. The van der Waals surface area contributed by atoms with Crippen LogP contribution in [0.25, 0.3) is 0 Å². The number of halogens is 2. The molecule has 0 saturated carbocycles. The van der Waals surface area contributed by atoms with E-state index in [4.69, 9.17) is 27.9 Å². The van der Waals surface area contributed by atoms with Crippen LogP contribution >= 0.6 is 23.2 Å². The Morgan fingerprint density at radius 3 is 2.53 bits per heavy atom. The molecular weight excluding hydrogens is 419 g/mol. The number of methoxy groups -OCH3 is 1. The molecule has 1 aliphatic heterocycles. The molecule has 4 nitrogen and oxygen atoms in total. The van der Waals surface area contributed by atoms with Gasteiger partial charge in [-0.2, -0.15) is 0 Å². The predicted molar refractivity (Wildman–Crippen MR) is 123 cm³/mol. The molecule has 1 fully saturated rings. The van der Waals surface area contributed by atoms with E-state index in [1.165, 1.54) is 0 Å². The average molecular weight is 449 g/mol. The van der Waals surface area contributed by atoms with E-state index in [0.717, 1.165) is 61.3 Å². The molecule has 2 aromatic carbocycles. The van der Waals surface area contributed by atoms with Gasteiger partial charge in [-0.05, 0) is 74.2 Å². The zero-order chi connectivity index (χ0) is 21.7. The number of hydrogen-bond acceptors (Lipinski definition) is 3. The lowest BCUT2D eigenvalue weighted by molar-refractivity contribution is -0.127. The van der Waals surface area contributed by atoms with Crippen LogP contribution in [0.2, 0.25) is 10.0 Å². The van der Waals surface area contributed by atoms with Crippen LogP contribution in [0.4, 0.5) is 0 Å². The van der Waals surface area contributed by atoms with Crippen LogP contribution in [-0.4, -0.2) is 31.0 Å². The summed E-state index contributed by atoms with van der Waals surface area (Å²) in [4.78, 5) is 15.3. The van der Waals surface area contributed by atoms with Crippen LogP contribution < -0.4 is 10.1 Å². The number of benzene rings is 2. The van der Waals surface area contributed by atoms with E-state index in [1.54, 1.807) is 13.2 Å². The molecular formula is C24H30Cl2N2O2. The summed E-state index contributed by atoms with van der Waals surface area (Å²) in [5.74, 6) is 1.07. The van der Waals surface area contributed by atoms with Gasteiger partial charge in [-0.3, -0.25) is 9.69 Å². The Balaban J connectivity index is 1.54. The van der Waals surface area contributed by atoms with Gasteiger partial charge < -0.3 is 10.1 Å². The van der Waals surface area contributed by atoms with Gasteiger partial charge in [0.25, 0.3) is 0 Å². The Hall–Kier alpha value is -1.75. The molecule has 3 rings (SSSR count). The van der Waals surface area contributed by atoms with Gasteiger partial charge in [-0.15, -0.1) is 0 Å². The summed E-state index contributed by atoms with van der Waals surface area (Å²) in [5.41, 5.74) is 3.28. The van der Waals surface area contributed by atoms with E-state index in [-0.39, 0.29) is 17.9 Å². The van der Waals surface area contributed by atoms with Crippen molar-refractivity contribution in [3.63, 3.8) is 0 Å². The highest BCUT2D eigenvalue weighted by atomic mass is 35.5. The first-order chi connectivity index (χ1) is 14.4. The minimum atomic E-state index is 0.0213. The minimum absolute atomic E-state index is 0.0213. The second kappa shape index (κ2) is 10.5. The van der Waals surface area contributed by atoms with Crippen molar-refractivity contribution in [2.24, 2.45) is 5.92 Å². The number of aryl methyl sites for hydroxylation is 1. The molecule has 1 aliphatic rings. The largest absolute Gasteiger partial charge is 0.496 e. The second-order valence-corrected chi connectivity index (χ2v) is 8.83. The lowest BCUT2D eigenvalue weighted by Crippen LogP contribution is -2.41. The monoisotopic (exact) mass is 448 g/mol. The normalized spacial score (nSPS) is 16.3. The molecule has 1 amide bonds. The number of hydrogen-bond donors (Lipinski definition) is 1. The highest BCUT2D eigenvalue weighted by molar-refractivity contribution is 6.35. The van der Waals surface area contributed by atoms with Crippen LogP contribution in [0.3, 0.4) is 0 Å². The van der Waals surface area contributed by atoms with Crippen LogP contribution in [0, 0.1) is 12.8 Å². The fourth-order valence-electron chi connectivity index (χ4n) is 4.07. The SMILES string of the molecule is CC[C@@H](NC(=O)C1CCN(Cc2ccc(Cl)cc2Cl)CC1)c1ccc(OC)c(C)c1. The Morgan fingerprint density at radius 1 is 1.20 bits per heavy atom. The predicted octanol–water partition coefficient (Wildman–Crippen LogP) is 5.79. The third kappa shape index (κ3) is 5.69. The Labute approximate surface area is 189 Å². The van der Waals surface area contributed by atoms with Gasteiger partial charge in [0, 0.05) is 22.5 Å². The van der Waals surface area contributed by atoms with Crippen molar-refractivity contribution in [1.29, 1.82) is 0 Å². The molecule has 1 saturated heterocycles. The standard InChI is InChI=1S/C24H30Cl2N2O2/c1-4-22(18-6-8-23(30-3)16(2)13-18)27-24(29)17-9-11-28(12-10-17)15-19-5-7-20(25)14-21(19)26/h5-8,13-14,17,22H,4,9-12,15H2,1-3H3,(H,27,29)/t22-/m1/s1. The molecule has 162 valence electrons. The van der Waals surface area contributed by atoms with Crippen molar-refractivity contribution in [3.8, 4) is 5.75 Å². The first-order valence-electron chi connectivity index (χ1n) is 10.5. The molecule has 2 aromatic rings. The van der Waals surface area contributed by atoms with Gasteiger partial charge in [0.2, 0.25) is 5.91 Å². The Kier molecular flexibility index (Phi) is 8.04. The number of piperidine rings is 1. The number of likely N-dealkylation sites (tertiary alicyclic amines) is 1. The molecule has 0 aromatic heterocycles. The molecule has 0 unspecified atom stereocenters. The van der Waals surface area contributed by atoms with Crippen molar-refractivity contribution in [2.45, 2.75) is 45.7 Å². The van der Waals surface area contributed by atoms with E-state index in [0.29, 0.717) is 10.0 Å². The van der Waals surface area contributed by atoms with Crippen molar-refractivity contribution in [2.75, 3.05) is 20.2 Å². The van der Waals surface area contributed by atoms with E-state index in [2.05, 4.69) is 23.2 Å². The van der Waals surface area contributed by atoms with Gasteiger partial charge in [0.1, 0.15) is 5.75 Å². The number of carbonyl (C=O) groups excluding carboxylic acids is 1. The number of ether oxygens (including phenoxy) is 1. The first-order valence-corrected chi connectivity index (χ1v) is 11.3. The maximum Gasteiger partial charge on any atom is 0.223 e. The van der Waals surface area contributed by atoms with Gasteiger partial charge in [-0.25, -0.2) is 0 Å². The lowest BCUT2D eigenvalue weighted by atomic mass is 9.94. The third-order valence-corrected chi connectivity index (χ3v) is 6.50. The summed E-state index contributed by atoms with van der Waals surface area (Å²) in [6.45, 7) is 6.68. The zero-order valence-corrected chi connectivity index (χ0v) is 19.4. The molecule has 1 heterocycles. The van der Waals surface area contributed by atoms with Crippen LogP contribution in [0.15, 0.2) is 36.4 Å². The Morgan fingerprint density at radius 2 is 1.93 bits per heavy atom. The van der Waals surface area contributed by atoms with E-state index in [1.807, 2.05) is 31.2 Å². The van der Waals surface area contributed by atoms with E-state index < -0.39 is 0 Å². The van der Waals surface area contributed by atoms with Gasteiger partial charge in [0.05, 0.1) is 13.2 Å². The molecule has 0 aliphatic carbocycles. The van der Waals surface area contributed by atoms with Crippen molar-refractivity contribution in [1.82, 2.24) is 10.2 Å². The minimum Gasteiger partial charge on any atom is -0.496 e. The third-order valence-electron chi connectivity index (χ3n) is 5.91. The fourth-order valence-corrected chi connectivity index (χ4v) is 4.54. The summed E-state index contributed by atoms with van der Waals surface area (Å²) < 4.78 is 5.35. The molecule has 6 heteroatoms. The second-order valence-electron chi connectivity index (χ2n) is 7.98. The number of carbonyl (C=O) groups is 1. The van der Waals surface area contributed by atoms with Crippen molar-refractivity contribution in [3.05, 3.63) is 63.1 Å². The summed E-state index contributed by atoms with van der Waals surface area (Å²) in [5, 5.41) is 4.61. The molecule has 0 spiro atoms. The molecule has 30 heavy (non-hydrogen) atoms. The van der Waals surface area contributed by atoms with E-state index in [9.17, 15) is 4.79 Å². The quantitative estimate of drug-likeness (QED) is 0.582. The molecule has 0 radical (unpaired) electrons. The zero-order valence-electron chi connectivity index (χ0n) is 17.9. The highest BCUT2D eigenvalue weighted by Crippen LogP contribution is 2.27. The van der Waals surface area contributed by atoms with Gasteiger partial charge in [0.15, 0.2) is 0 Å². The topological polar surface area (TPSA) is 41.6 Å². The maximum atomic E-state index is 12.9. The summed E-state index contributed by atoms with van der Waals surface area (Å²) >= 11 is 12.3. The van der Waals surface area contributed by atoms with Crippen LogP contribution in [-0.2, 0) is 11.3 Å². The first kappa shape index (κ1) is 22.9. The number of nitrogens with zero attached hydrogens (tertiary/aromatic N) is 1. The summed E-state index contributed by atoms with van der Waals surface area (Å²) in [6, 6.07) is 11.8. The smallest absolute Gasteiger partial charge is 0.223 e. The van der Waals surface area contributed by atoms with Crippen molar-refractivity contribution >= 4 is 29.1 Å². The van der Waals surface area contributed by atoms with Crippen LogP contribution in [0.5, 0.6) is 5.75 Å². The van der Waals surface area contributed by atoms with E-state index >= 15 is 0 Å². The number of nitrogens with one attached hydrogen (secondary N) is 1. The molecule has 1 atom stereocenters. The van der Waals surface area contributed by atoms with Crippen molar-refractivity contribution < 1.29 is 9.53 Å². The average Bonchev–Trinajstić information content (AvgIpc) is 2.74. The van der Waals surface area contributed by atoms with Gasteiger partial charge >= 0.3 is 0 Å². The van der Waals surface area contributed by atoms with Crippen LogP contribution in [0.1, 0.15) is 48.9 Å². The number of amides is 1.